The maximum atomic E-state index is 9.09. The molecule has 0 aliphatic carbocycles. The fraction of sp³-hybridized carbons (Fsp3) is 0.583. The van der Waals surface area contributed by atoms with Gasteiger partial charge in [0, 0.05) is 24.9 Å². The molecule has 0 aromatic carbocycles. The molecule has 0 unspecified atom stereocenters. The van der Waals surface area contributed by atoms with E-state index in [2.05, 4.69) is 15.3 Å². The van der Waals surface area contributed by atoms with Crippen LogP contribution in [0.4, 0.5) is 5.82 Å². The standard InChI is InChI=1S/C12H20N4O/c13-15-12-11(2-1-5-14-12)8-16-6-3-10(9-17)4-7-16/h1-2,5,10,17H,3-4,6-9,13H2,(H,14,15). The van der Waals surface area contributed by atoms with Crippen LogP contribution in [0.25, 0.3) is 0 Å². The molecule has 2 rings (SSSR count). The number of pyridine rings is 1. The van der Waals surface area contributed by atoms with Gasteiger partial charge < -0.3 is 10.5 Å². The second kappa shape index (κ2) is 5.95. The van der Waals surface area contributed by atoms with Crippen LogP contribution in [0.15, 0.2) is 18.3 Å². The number of nitrogens with one attached hydrogen (secondary N) is 1. The highest BCUT2D eigenvalue weighted by atomic mass is 16.3. The fourth-order valence-electron chi connectivity index (χ4n) is 2.26. The number of piperidine rings is 1. The van der Waals surface area contributed by atoms with Gasteiger partial charge in [0.25, 0.3) is 0 Å². The number of aromatic nitrogens is 1. The molecule has 0 atom stereocenters. The van der Waals surface area contributed by atoms with E-state index in [1.54, 1.807) is 6.20 Å². The summed E-state index contributed by atoms with van der Waals surface area (Å²) in [7, 11) is 0. The summed E-state index contributed by atoms with van der Waals surface area (Å²) in [5, 5.41) is 9.09. The summed E-state index contributed by atoms with van der Waals surface area (Å²) in [6, 6.07) is 3.97. The van der Waals surface area contributed by atoms with E-state index in [-0.39, 0.29) is 0 Å². The number of hydrogen-bond donors (Lipinski definition) is 3. The van der Waals surface area contributed by atoms with Gasteiger partial charge in [-0.3, -0.25) is 4.90 Å². The van der Waals surface area contributed by atoms with Crippen LogP contribution in [0.1, 0.15) is 18.4 Å². The van der Waals surface area contributed by atoms with Gasteiger partial charge in [-0.1, -0.05) is 6.07 Å². The highest BCUT2D eigenvalue weighted by Crippen LogP contribution is 2.20. The predicted molar refractivity (Wildman–Crippen MR) is 67.1 cm³/mol. The minimum atomic E-state index is 0.316. The summed E-state index contributed by atoms with van der Waals surface area (Å²) >= 11 is 0. The number of hydrogen-bond acceptors (Lipinski definition) is 5. The van der Waals surface area contributed by atoms with Crippen LogP contribution < -0.4 is 11.3 Å². The van der Waals surface area contributed by atoms with Crippen LogP contribution in [0, 0.1) is 5.92 Å². The maximum absolute atomic E-state index is 9.09. The van der Waals surface area contributed by atoms with Crippen molar-refractivity contribution in [2.24, 2.45) is 11.8 Å². The minimum Gasteiger partial charge on any atom is -0.396 e. The number of likely N-dealkylation sites (tertiary alicyclic amines) is 1. The van der Waals surface area contributed by atoms with Gasteiger partial charge in [-0.2, -0.15) is 0 Å². The lowest BCUT2D eigenvalue weighted by Crippen LogP contribution is -2.34. The normalized spacial score (nSPS) is 18.2. The van der Waals surface area contributed by atoms with Crippen LogP contribution >= 0.6 is 0 Å². The lowest BCUT2D eigenvalue weighted by molar-refractivity contribution is 0.127. The van der Waals surface area contributed by atoms with Gasteiger partial charge in [0.2, 0.25) is 0 Å². The Labute approximate surface area is 102 Å². The molecule has 0 radical (unpaired) electrons. The first-order valence-electron chi connectivity index (χ1n) is 6.07. The van der Waals surface area contributed by atoms with Crippen LogP contribution in [-0.4, -0.2) is 34.7 Å². The molecule has 5 nitrogen and oxygen atoms in total. The number of nitrogens with two attached hydrogens (primary N) is 1. The van der Waals surface area contributed by atoms with Crippen molar-refractivity contribution in [1.29, 1.82) is 0 Å². The van der Waals surface area contributed by atoms with Crippen molar-refractivity contribution in [2.45, 2.75) is 19.4 Å². The zero-order valence-corrected chi connectivity index (χ0v) is 9.97. The molecule has 1 aromatic heterocycles. The molecule has 94 valence electrons. The third-order valence-electron chi connectivity index (χ3n) is 3.39. The van der Waals surface area contributed by atoms with E-state index in [1.807, 2.05) is 12.1 Å². The van der Waals surface area contributed by atoms with Crippen LogP contribution in [0.2, 0.25) is 0 Å². The van der Waals surface area contributed by atoms with E-state index in [0.717, 1.165) is 43.9 Å². The van der Waals surface area contributed by atoms with E-state index in [9.17, 15) is 0 Å². The first kappa shape index (κ1) is 12.3. The number of hydrazine groups is 1. The second-order valence-corrected chi connectivity index (χ2v) is 4.56. The Morgan fingerprint density at radius 1 is 1.47 bits per heavy atom. The molecule has 17 heavy (non-hydrogen) atoms. The Morgan fingerprint density at radius 2 is 2.24 bits per heavy atom. The number of nitrogen functional groups attached to an aromatic ring is 1. The molecule has 0 saturated carbocycles. The van der Waals surface area contributed by atoms with E-state index in [0.29, 0.717) is 12.5 Å². The predicted octanol–water partition coefficient (Wildman–Crippen LogP) is 0.571. The van der Waals surface area contributed by atoms with Gasteiger partial charge in [0.1, 0.15) is 5.82 Å². The summed E-state index contributed by atoms with van der Waals surface area (Å²) in [6.07, 6.45) is 3.88. The van der Waals surface area contributed by atoms with Crippen molar-refractivity contribution < 1.29 is 5.11 Å². The Kier molecular flexibility index (Phi) is 4.30. The second-order valence-electron chi connectivity index (χ2n) is 4.56. The Bertz CT molecular complexity index is 350. The van der Waals surface area contributed by atoms with Gasteiger partial charge in [0.15, 0.2) is 0 Å². The monoisotopic (exact) mass is 236 g/mol. The Morgan fingerprint density at radius 3 is 2.88 bits per heavy atom. The lowest BCUT2D eigenvalue weighted by atomic mass is 9.97. The number of anilines is 1. The maximum Gasteiger partial charge on any atom is 0.144 e. The van der Waals surface area contributed by atoms with Crippen LogP contribution in [-0.2, 0) is 6.54 Å². The summed E-state index contributed by atoms with van der Waals surface area (Å²) in [6.45, 7) is 3.25. The van der Waals surface area contributed by atoms with Crippen molar-refractivity contribution in [2.75, 3.05) is 25.1 Å². The average Bonchev–Trinajstić information content (AvgIpc) is 2.40. The van der Waals surface area contributed by atoms with Crippen LogP contribution in [0.3, 0.4) is 0 Å². The third-order valence-corrected chi connectivity index (χ3v) is 3.39. The van der Waals surface area contributed by atoms with E-state index in [4.69, 9.17) is 10.9 Å². The molecule has 1 aromatic rings. The average molecular weight is 236 g/mol. The quantitative estimate of drug-likeness (QED) is 0.526. The van der Waals surface area contributed by atoms with Gasteiger partial charge in [-0.05, 0) is 37.9 Å². The number of aliphatic hydroxyl groups is 1. The van der Waals surface area contributed by atoms with Gasteiger partial charge >= 0.3 is 0 Å². The summed E-state index contributed by atoms with van der Waals surface area (Å²) in [4.78, 5) is 6.57. The van der Waals surface area contributed by atoms with Crippen LogP contribution in [0.5, 0.6) is 0 Å². The number of nitrogens with zero attached hydrogens (tertiary/aromatic N) is 2. The highest BCUT2D eigenvalue weighted by molar-refractivity contribution is 5.42. The molecule has 0 spiro atoms. The van der Waals surface area contributed by atoms with Gasteiger partial charge in [-0.25, -0.2) is 10.8 Å². The lowest BCUT2D eigenvalue weighted by Gasteiger charge is -2.31. The largest absolute Gasteiger partial charge is 0.396 e. The molecule has 1 aliphatic heterocycles. The topological polar surface area (TPSA) is 74.4 Å². The van der Waals surface area contributed by atoms with Crippen molar-refractivity contribution in [3.63, 3.8) is 0 Å². The smallest absolute Gasteiger partial charge is 0.144 e. The Hall–Kier alpha value is -1.17. The van der Waals surface area contributed by atoms with Gasteiger partial charge in [-0.15, -0.1) is 0 Å². The summed E-state index contributed by atoms with van der Waals surface area (Å²) in [5.41, 5.74) is 3.75. The van der Waals surface area contributed by atoms with E-state index < -0.39 is 0 Å². The SMILES string of the molecule is NNc1ncccc1CN1CCC(CO)CC1. The minimum absolute atomic E-state index is 0.316. The van der Waals surface area contributed by atoms with E-state index >= 15 is 0 Å². The molecule has 1 saturated heterocycles. The molecule has 2 heterocycles. The molecule has 1 fully saturated rings. The molecule has 0 amide bonds. The molecular weight excluding hydrogens is 216 g/mol. The summed E-state index contributed by atoms with van der Waals surface area (Å²) < 4.78 is 0. The fourth-order valence-corrected chi connectivity index (χ4v) is 2.26. The molecule has 1 aliphatic rings. The first-order chi connectivity index (χ1) is 8.33. The first-order valence-corrected chi connectivity index (χ1v) is 6.07. The van der Waals surface area contributed by atoms with Crippen molar-refractivity contribution in [3.05, 3.63) is 23.9 Å². The molecular formula is C12H20N4O. The number of aliphatic hydroxyl groups excluding tert-OH is 1. The molecule has 5 heteroatoms. The van der Waals surface area contributed by atoms with Crippen molar-refractivity contribution in [1.82, 2.24) is 9.88 Å². The zero-order chi connectivity index (χ0) is 12.1. The summed E-state index contributed by atoms with van der Waals surface area (Å²) in [5.74, 6) is 6.66. The van der Waals surface area contributed by atoms with E-state index in [1.165, 1.54) is 0 Å². The molecule has 0 bridgehead atoms. The van der Waals surface area contributed by atoms with Gasteiger partial charge in [0.05, 0.1) is 0 Å². The zero-order valence-electron chi connectivity index (χ0n) is 9.97. The molecule has 4 N–H and O–H groups in total. The van der Waals surface area contributed by atoms with Crippen molar-refractivity contribution >= 4 is 5.82 Å². The third kappa shape index (κ3) is 3.15. The highest BCUT2D eigenvalue weighted by Gasteiger charge is 2.19. The number of rotatable bonds is 4. The Balaban J connectivity index is 1.93. The van der Waals surface area contributed by atoms with Crippen molar-refractivity contribution in [3.8, 4) is 0 Å².